The molecule has 1 atom stereocenters. The molecule has 0 amide bonds. The number of aromatic nitrogens is 6. The molecular weight excluding hydrogens is 505 g/mol. The van der Waals surface area contributed by atoms with Crippen LogP contribution in [-0.2, 0) is 12.1 Å². The van der Waals surface area contributed by atoms with Gasteiger partial charge in [0.2, 0.25) is 0 Å². The van der Waals surface area contributed by atoms with Crippen molar-refractivity contribution in [3.8, 4) is 11.3 Å². The summed E-state index contributed by atoms with van der Waals surface area (Å²) in [6, 6.07) is 14.7. The van der Waals surface area contributed by atoms with Gasteiger partial charge in [-0.25, -0.2) is 19.3 Å². The predicted molar refractivity (Wildman–Crippen MR) is 152 cm³/mol. The molecule has 40 heavy (non-hydrogen) atoms. The summed E-state index contributed by atoms with van der Waals surface area (Å²) in [4.78, 5) is 25.1. The first-order valence-corrected chi connectivity index (χ1v) is 13.6. The van der Waals surface area contributed by atoms with Crippen molar-refractivity contribution in [1.82, 2.24) is 29.5 Å². The van der Waals surface area contributed by atoms with Gasteiger partial charge in [0.1, 0.15) is 17.7 Å². The molecule has 5 heterocycles. The number of nitrogens with two attached hydrogens (primary N) is 2. The molecule has 0 spiro atoms. The van der Waals surface area contributed by atoms with E-state index in [0.717, 1.165) is 53.3 Å². The minimum Gasteiger partial charge on any atom is -0.382 e. The Hall–Kier alpha value is -4.44. The summed E-state index contributed by atoms with van der Waals surface area (Å²) in [6.07, 6.45) is 9.28. The van der Waals surface area contributed by atoms with Gasteiger partial charge in [-0.2, -0.15) is 0 Å². The lowest BCUT2D eigenvalue weighted by Crippen LogP contribution is -2.52. The van der Waals surface area contributed by atoms with Crippen LogP contribution in [0.3, 0.4) is 0 Å². The van der Waals surface area contributed by atoms with E-state index in [9.17, 15) is 4.39 Å². The molecule has 1 aliphatic heterocycles. The summed E-state index contributed by atoms with van der Waals surface area (Å²) >= 11 is 0. The Morgan fingerprint density at radius 3 is 2.70 bits per heavy atom. The highest BCUT2D eigenvalue weighted by Gasteiger charge is 2.36. The number of benzene rings is 1. The lowest BCUT2D eigenvalue weighted by molar-refractivity contribution is 0.344. The van der Waals surface area contributed by atoms with E-state index >= 15 is 0 Å². The molecule has 2 fully saturated rings. The normalized spacial score (nSPS) is 19.3. The molecular formula is C30H30FN9. The van der Waals surface area contributed by atoms with E-state index in [1.807, 2.05) is 10.8 Å². The third kappa shape index (κ3) is 4.54. The number of rotatable bonds is 6. The Balaban J connectivity index is 1.27. The van der Waals surface area contributed by atoms with Crippen molar-refractivity contribution in [2.24, 2.45) is 5.73 Å². The average molecular weight is 536 g/mol. The Morgan fingerprint density at radius 1 is 1.02 bits per heavy atom. The molecule has 1 saturated carbocycles. The van der Waals surface area contributed by atoms with E-state index in [2.05, 4.69) is 44.1 Å². The highest BCUT2D eigenvalue weighted by atomic mass is 19.1. The maximum atomic E-state index is 13.6. The molecule has 5 aromatic rings. The van der Waals surface area contributed by atoms with Crippen molar-refractivity contribution in [2.75, 3.05) is 23.7 Å². The first-order chi connectivity index (χ1) is 19.5. The lowest BCUT2D eigenvalue weighted by Gasteiger charge is -2.41. The van der Waals surface area contributed by atoms with Crippen LogP contribution in [-0.4, -0.2) is 42.6 Å². The van der Waals surface area contributed by atoms with Gasteiger partial charge in [-0.05, 0) is 73.7 Å². The van der Waals surface area contributed by atoms with Gasteiger partial charge in [-0.1, -0.05) is 6.07 Å². The van der Waals surface area contributed by atoms with E-state index in [4.69, 9.17) is 21.4 Å². The van der Waals surface area contributed by atoms with Gasteiger partial charge in [0.25, 0.3) is 0 Å². The Morgan fingerprint density at radius 2 is 1.88 bits per heavy atom. The number of fused-ring (bicyclic) bond motifs is 1. The summed E-state index contributed by atoms with van der Waals surface area (Å²) in [5.74, 6) is 0.631. The van der Waals surface area contributed by atoms with Crippen molar-refractivity contribution in [3.63, 3.8) is 0 Å². The number of piperidine rings is 1. The van der Waals surface area contributed by atoms with Gasteiger partial charge in [0.15, 0.2) is 11.5 Å². The van der Waals surface area contributed by atoms with Gasteiger partial charge >= 0.3 is 0 Å². The highest BCUT2D eigenvalue weighted by Crippen LogP contribution is 2.40. The van der Waals surface area contributed by atoms with Crippen LogP contribution in [0, 0.1) is 5.82 Å². The molecule has 10 heteroatoms. The zero-order chi connectivity index (χ0) is 27.3. The quantitative estimate of drug-likeness (QED) is 0.328. The summed E-state index contributed by atoms with van der Waals surface area (Å²) in [5.41, 5.74) is 19.5. The van der Waals surface area contributed by atoms with Gasteiger partial charge in [0, 0.05) is 30.3 Å². The minimum absolute atomic E-state index is 0.283. The maximum absolute atomic E-state index is 13.6. The molecule has 202 valence electrons. The van der Waals surface area contributed by atoms with E-state index in [1.54, 1.807) is 18.5 Å². The predicted octanol–water partition coefficient (Wildman–Crippen LogP) is 4.38. The fraction of sp³-hybridized carbons (Fsp3) is 0.300. The van der Waals surface area contributed by atoms with Crippen LogP contribution >= 0.6 is 0 Å². The maximum Gasteiger partial charge on any atom is 0.165 e. The van der Waals surface area contributed by atoms with Crippen LogP contribution in [0.1, 0.15) is 48.6 Å². The summed E-state index contributed by atoms with van der Waals surface area (Å²) in [6.45, 7) is 1.96. The topological polar surface area (TPSA) is 125 Å². The second kappa shape index (κ2) is 9.63. The van der Waals surface area contributed by atoms with Crippen molar-refractivity contribution in [2.45, 2.75) is 43.7 Å². The molecule has 0 unspecified atom stereocenters. The molecule has 4 N–H and O–H groups in total. The second-order valence-corrected chi connectivity index (χ2v) is 10.9. The largest absolute Gasteiger partial charge is 0.382 e. The Bertz CT molecular complexity index is 1700. The first kappa shape index (κ1) is 24.6. The molecule has 1 saturated heterocycles. The standard InChI is InChI=1S/C30H30FN9/c31-22-9-7-20(8-10-22)24-13-21(15-40-18-37-27-28(32)35-17-36-29(27)40)25(14-34-24)39-12-2-11-30(33,16-39)26-4-1-3-23(38-26)19-5-6-19/h1,3-4,7-10,13-14,17-19H,2,5-6,11-12,15-16,33H2,(H2,32,35,36)/t30-/m1/s1. The van der Waals surface area contributed by atoms with Gasteiger partial charge in [-0.15, -0.1) is 0 Å². The monoisotopic (exact) mass is 535 g/mol. The summed E-state index contributed by atoms with van der Waals surface area (Å²) in [5, 5.41) is 0. The highest BCUT2D eigenvalue weighted by molar-refractivity contribution is 5.81. The van der Waals surface area contributed by atoms with Crippen LogP contribution in [0.4, 0.5) is 15.9 Å². The van der Waals surface area contributed by atoms with Crippen molar-refractivity contribution in [1.29, 1.82) is 0 Å². The summed E-state index contributed by atoms with van der Waals surface area (Å²) in [7, 11) is 0. The van der Waals surface area contributed by atoms with Crippen LogP contribution in [0.15, 0.2) is 67.4 Å². The molecule has 0 radical (unpaired) electrons. The van der Waals surface area contributed by atoms with Crippen LogP contribution < -0.4 is 16.4 Å². The first-order valence-electron chi connectivity index (χ1n) is 13.6. The van der Waals surface area contributed by atoms with Crippen LogP contribution in [0.25, 0.3) is 22.4 Å². The van der Waals surface area contributed by atoms with Crippen LogP contribution in [0.5, 0.6) is 0 Å². The van der Waals surface area contributed by atoms with E-state index < -0.39 is 5.54 Å². The fourth-order valence-electron chi connectivity index (χ4n) is 5.71. The molecule has 9 nitrogen and oxygen atoms in total. The van der Waals surface area contributed by atoms with Gasteiger partial charge in [-0.3, -0.25) is 9.97 Å². The molecule has 1 aromatic carbocycles. The number of pyridine rings is 2. The van der Waals surface area contributed by atoms with Gasteiger partial charge < -0.3 is 20.9 Å². The number of nitrogen functional groups attached to an aromatic ring is 1. The van der Waals surface area contributed by atoms with Crippen molar-refractivity contribution >= 4 is 22.7 Å². The number of imidazole rings is 1. The zero-order valence-electron chi connectivity index (χ0n) is 22.0. The number of hydrogen-bond donors (Lipinski definition) is 2. The lowest BCUT2D eigenvalue weighted by atomic mass is 9.85. The third-order valence-corrected chi connectivity index (χ3v) is 8.02. The molecule has 0 bridgehead atoms. The molecule has 4 aromatic heterocycles. The van der Waals surface area contributed by atoms with Gasteiger partial charge in [0.05, 0.1) is 41.7 Å². The SMILES string of the molecule is Nc1ncnc2c1ncn2Cc1cc(-c2ccc(F)cc2)ncc1N1CCC[C@](N)(c2cccc(C3CC3)n2)C1. The zero-order valence-corrected chi connectivity index (χ0v) is 22.0. The Kier molecular flexibility index (Phi) is 5.92. The minimum atomic E-state index is -0.570. The van der Waals surface area contributed by atoms with E-state index in [0.29, 0.717) is 36.0 Å². The van der Waals surface area contributed by atoms with E-state index in [-0.39, 0.29) is 5.82 Å². The smallest absolute Gasteiger partial charge is 0.165 e. The third-order valence-electron chi connectivity index (χ3n) is 8.02. The molecule has 1 aliphatic carbocycles. The fourth-order valence-corrected chi connectivity index (χ4v) is 5.71. The second-order valence-electron chi connectivity index (χ2n) is 10.9. The van der Waals surface area contributed by atoms with Crippen LogP contribution in [0.2, 0.25) is 0 Å². The average Bonchev–Trinajstić information content (AvgIpc) is 3.75. The number of nitrogens with zero attached hydrogens (tertiary/aromatic N) is 7. The van der Waals surface area contributed by atoms with E-state index in [1.165, 1.54) is 31.3 Å². The summed E-state index contributed by atoms with van der Waals surface area (Å²) < 4.78 is 15.6. The number of hydrogen-bond acceptors (Lipinski definition) is 8. The Labute approximate surface area is 231 Å². The molecule has 2 aliphatic rings. The molecule has 7 rings (SSSR count). The van der Waals surface area contributed by atoms with Crippen molar-refractivity contribution < 1.29 is 4.39 Å². The number of anilines is 2. The van der Waals surface area contributed by atoms with Crippen molar-refractivity contribution in [3.05, 3.63) is 90.2 Å². The number of halogens is 1.